The van der Waals surface area contributed by atoms with Crippen LogP contribution < -0.4 is 0 Å². The van der Waals surface area contributed by atoms with Gasteiger partial charge < -0.3 is 15.1 Å². The molecule has 0 spiro atoms. The molecule has 104 valence electrons. The third kappa shape index (κ3) is 3.92. The number of carbonyl (C=O) groups excluding carboxylic acids is 1. The second-order valence-corrected chi connectivity index (χ2v) is 4.33. The zero-order chi connectivity index (χ0) is 14.6. The van der Waals surface area contributed by atoms with Crippen molar-refractivity contribution in [2.24, 2.45) is 0 Å². The van der Waals surface area contributed by atoms with Crippen molar-refractivity contribution in [2.45, 2.75) is 19.4 Å². The average molecular weight is 268 g/mol. The van der Waals surface area contributed by atoms with Gasteiger partial charge in [-0.3, -0.25) is 14.9 Å². The van der Waals surface area contributed by atoms with Gasteiger partial charge in [-0.05, 0) is 25.5 Å². The molecule has 0 fully saturated rings. The number of amides is 1. The van der Waals surface area contributed by atoms with Gasteiger partial charge >= 0.3 is 5.69 Å². The lowest BCUT2D eigenvalue weighted by Crippen LogP contribution is -2.29. The maximum atomic E-state index is 12.0. The van der Waals surface area contributed by atoms with Crippen LogP contribution in [0.5, 0.6) is 5.75 Å². The number of nitrogens with zero attached hydrogens (tertiary/aromatic N) is 2. The van der Waals surface area contributed by atoms with E-state index in [-0.39, 0.29) is 11.5 Å². The maximum absolute atomic E-state index is 12.0. The van der Waals surface area contributed by atoms with Gasteiger partial charge in [0.2, 0.25) is 0 Å². The van der Waals surface area contributed by atoms with E-state index in [1.165, 1.54) is 11.0 Å². The Labute approximate surface area is 110 Å². The van der Waals surface area contributed by atoms with Crippen molar-refractivity contribution in [2.75, 3.05) is 13.6 Å². The molecule has 1 rings (SSSR count). The number of hydrogen-bond acceptors (Lipinski definition) is 5. The first-order chi connectivity index (χ1) is 8.82. The Hall–Kier alpha value is -2.15. The number of aromatic hydroxyl groups is 1. The van der Waals surface area contributed by atoms with Gasteiger partial charge in [0, 0.05) is 25.2 Å². The lowest BCUT2D eigenvalue weighted by atomic mass is 10.1. The van der Waals surface area contributed by atoms with E-state index < -0.39 is 22.5 Å². The predicted molar refractivity (Wildman–Crippen MR) is 68.0 cm³/mol. The summed E-state index contributed by atoms with van der Waals surface area (Å²) in [5, 5.41) is 29.1. The molecule has 1 unspecified atom stereocenters. The van der Waals surface area contributed by atoms with E-state index >= 15 is 0 Å². The van der Waals surface area contributed by atoms with Gasteiger partial charge in [-0.1, -0.05) is 0 Å². The van der Waals surface area contributed by atoms with Crippen molar-refractivity contribution in [1.29, 1.82) is 0 Å². The Kier molecular flexibility index (Phi) is 4.82. The molecular formula is C12H16N2O5. The second kappa shape index (κ2) is 6.14. The fraction of sp³-hybridized carbons (Fsp3) is 0.417. The number of hydrogen-bond donors (Lipinski definition) is 2. The van der Waals surface area contributed by atoms with Crippen LogP contribution in [0.4, 0.5) is 5.69 Å². The average Bonchev–Trinajstić information content (AvgIpc) is 2.34. The van der Waals surface area contributed by atoms with Crippen LogP contribution in [0.25, 0.3) is 0 Å². The molecule has 1 amide bonds. The lowest BCUT2D eigenvalue weighted by molar-refractivity contribution is -0.385. The number of carbonyl (C=O) groups is 1. The molecule has 0 aliphatic heterocycles. The smallest absolute Gasteiger partial charge is 0.310 e. The highest BCUT2D eigenvalue weighted by Gasteiger charge is 2.18. The molecule has 0 radical (unpaired) electrons. The van der Waals surface area contributed by atoms with Gasteiger partial charge in [-0.15, -0.1) is 0 Å². The van der Waals surface area contributed by atoms with Crippen molar-refractivity contribution in [3.05, 3.63) is 33.9 Å². The molecule has 7 heteroatoms. The summed E-state index contributed by atoms with van der Waals surface area (Å²) in [7, 11) is 1.56. The normalized spacial score (nSPS) is 11.9. The number of aliphatic hydroxyl groups is 1. The van der Waals surface area contributed by atoms with Crippen LogP contribution in [0.2, 0.25) is 0 Å². The molecular weight excluding hydrogens is 252 g/mol. The van der Waals surface area contributed by atoms with Crippen LogP contribution in [-0.4, -0.2) is 45.6 Å². The Morgan fingerprint density at radius 2 is 2.16 bits per heavy atom. The Balaban J connectivity index is 2.83. The molecule has 0 bridgehead atoms. The molecule has 2 N–H and O–H groups in total. The Morgan fingerprint density at radius 3 is 2.63 bits per heavy atom. The fourth-order valence-electron chi connectivity index (χ4n) is 1.51. The maximum Gasteiger partial charge on any atom is 0.310 e. The van der Waals surface area contributed by atoms with Gasteiger partial charge in [0.05, 0.1) is 11.0 Å². The van der Waals surface area contributed by atoms with E-state index in [4.69, 9.17) is 5.11 Å². The SMILES string of the molecule is CC(O)CCN(C)C(=O)c1ccc([N+](=O)[O-])c(O)c1. The van der Waals surface area contributed by atoms with E-state index in [1.807, 2.05) is 0 Å². The van der Waals surface area contributed by atoms with Crippen molar-refractivity contribution in [3.8, 4) is 5.75 Å². The number of phenolic OH excluding ortho intramolecular Hbond substituents is 1. The van der Waals surface area contributed by atoms with Crippen LogP contribution in [-0.2, 0) is 0 Å². The van der Waals surface area contributed by atoms with Crippen LogP contribution in [0.3, 0.4) is 0 Å². The first-order valence-electron chi connectivity index (χ1n) is 5.74. The molecule has 1 aromatic rings. The van der Waals surface area contributed by atoms with E-state index in [0.29, 0.717) is 13.0 Å². The van der Waals surface area contributed by atoms with Crippen LogP contribution in [0, 0.1) is 10.1 Å². The van der Waals surface area contributed by atoms with Gasteiger partial charge in [0.25, 0.3) is 5.91 Å². The Morgan fingerprint density at radius 1 is 1.53 bits per heavy atom. The van der Waals surface area contributed by atoms with E-state index in [0.717, 1.165) is 12.1 Å². The first-order valence-corrected chi connectivity index (χ1v) is 5.74. The molecule has 0 aliphatic rings. The largest absolute Gasteiger partial charge is 0.502 e. The molecule has 1 aromatic carbocycles. The first kappa shape index (κ1) is 14.9. The van der Waals surface area contributed by atoms with Gasteiger partial charge in [0.1, 0.15) is 0 Å². The molecule has 0 aromatic heterocycles. The summed E-state index contributed by atoms with van der Waals surface area (Å²) in [4.78, 5) is 23.2. The molecule has 0 heterocycles. The third-order valence-corrected chi connectivity index (χ3v) is 2.65. The molecule has 0 aliphatic carbocycles. The van der Waals surface area contributed by atoms with Crippen molar-refractivity contribution in [1.82, 2.24) is 4.90 Å². The van der Waals surface area contributed by atoms with Crippen LogP contribution in [0.1, 0.15) is 23.7 Å². The minimum atomic E-state index is -0.721. The zero-order valence-electron chi connectivity index (χ0n) is 10.7. The number of rotatable bonds is 5. The minimum Gasteiger partial charge on any atom is -0.502 e. The van der Waals surface area contributed by atoms with E-state index in [1.54, 1.807) is 14.0 Å². The second-order valence-electron chi connectivity index (χ2n) is 4.33. The summed E-state index contributed by atoms with van der Waals surface area (Å²) < 4.78 is 0. The quantitative estimate of drug-likeness (QED) is 0.615. The van der Waals surface area contributed by atoms with Gasteiger partial charge in [0.15, 0.2) is 5.75 Å². The molecule has 1 atom stereocenters. The number of aliphatic hydroxyl groups excluding tert-OH is 1. The molecule has 7 nitrogen and oxygen atoms in total. The van der Waals surface area contributed by atoms with Crippen molar-refractivity contribution >= 4 is 11.6 Å². The number of nitro benzene ring substituents is 1. The standard InChI is InChI=1S/C12H16N2O5/c1-8(15)5-6-13(2)12(17)9-3-4-10(14(18)19)11(16)7-9/h3-4,7-8,15-16H,5-6H2,1-2H3. The number of phenols is 1. The monoisotopic (exact) mass is 268 g/mol. The van der Waals surface area contributed by atoms with Crippen molar-refractivity contribution in [3.63, 3.8) is 0 Å². The predicted octanol–water partition coefficient (Wildman–Crippen LogP) is 1.14. The topological polar surface area (TPSA) is 104 Å². The highest BCUT2D eigenvalue weighted by molar-refractivity contribution is 5.94. The highest BCUT2D eigenvalue weighted by Crippen LogP contribution is 2.26. The van der Waals surface area contributed by atoms with Crippen LogP contribution in [0.15, 0.2) is 18.2 Å². The third-order valence-electron chi connectivity index (χ3n) is 2.65. The lowest BCUT2D eigenvalue weighted by Gasteiger charge is -2.18. The summed E-state index contributed by atoms with van der Waals surface area (Å²) in [5.74, 6) is -0.911. The summed E-state index contributed by atoms with van der Waals surface area (Å²) in [5.41, 5.74) is -0.278. The van der Waals surface area contributed by atoms with E-state index in [2.05, 4.69) is 0 Å². The molecule has 0 saturated carbocycles. The minimum absolute atomic E-state index is 0.163. The van der Waals surface area contributed by atoms with Crippen LogP contribution >= 0.6 is 0 Å². The number of nitro groups is 1. The van der Waals surface area contributed by atoms with Gasteiger partial charge in [-0.2, -0.15) is 0 Å². The summed E-state index contributed by atoms with van der Waals surface area (Å²) >= 11 is 0. The fourth-order valence-corrected chi connectivity index (χ4v) is 1.51. The number of benzene rings is 1. The molecule has 19 heavy (non-hydrogen) atoms. The zero-order valence-corrected chi connectivity index (χ0v) is 10.7. The van der Waals surface area contributed by atoms with Gasteiger partial charge in [-0.25, -0.2) is 0 Å². The summed E-state index contributed by atoms with van der Waals surface area (Å²) in [6.07, 6.45) is -0.0817. The van der Waals surface area contributed by atoms with Crippen molar-refractivity contribution < 1.29 is 19.9 Å². The summed E-state index contributed by atoms with van der Waals surface area (Å²) in [6.45, 7) is 1.98. The summed E-state index contributed by atoms with van der Waals surface area (Å²) in [6, 6.07) is 3.45. The highest BCUT2D eigenvalue weighted by atomic mass is 16.6. The van der Waals surface area contributed by atoms with E-state index in [9.17, 15) is 20.0 Å². The molecule has 0 saturated heterocycles. The Bertz CT molecular complexity index is 487.